The van der Waals surface area contributed by atoms with Crippen molar-refractivity contribution in [1.29, 1.82) is 0 Å². The molecule has 0 aromatic heterocycles. The van der Waals surface area contributed by atoms with Gasteiger partial charge in [-0.25, -0.2) is 0 Å². The summed E-state index contributed by atoms with van der Waals surface area (Å²) in [5, 5.41) is 1.42. The van der Waals surface area contributed by atoms with E-state index in [1.165, 1.54) is 26.0 Å². The van der Waals surface area contributed by atoms with Crippen molar-refractivity contribution in [3.05, 3.63) is 65.7 Å². The average Bonchev–Trinajstić information content (AvgIpc) is 2.72. The fourth-order valence-electron chi connectivity index (χ4n) is 3.19. The third kappa shape index (κ3) is 5.93. The van der Waals surface area contributed by atoms with Gasteiger partial charge in [-0.1, -0.05) is 42.0 Å². The Bertz CT molecular complexity index is 1250. The third-order valence-electron chi connectivity index (χ3n) is 4.66. The van der Waals surface area contributed by atoms with Crippen molar-refractivity contribution in [2.45, 2.75) is 38.5 Å². The standard InChI is InChI=1S/C24H24O7S/c1-16-6-10-21(11-7-16)32(27,28)29-14-4-5-19-8-12-22-20(15-19)9-13-23(30-17(2)25)24(22)31-18(3)26/h6-13,15H,4-5,14H2,1-3H3. The monoisotopic (exact) mass is 456 g/mol. The van der Waals surface area contributed by atoms with Gasteiger partial charge in [0.25, 0.3) is 10.1 Å². The van der Waals surface area contributed by atoms with Crippen LogP contribution in [0.4, 0.5) is 0 Å². The van der Waals surface area contributed by atoms with Gasteiger partial charge in [0.15, 0.2) is 11.5 Å². The lowest BCUT2D eigenvalue weighted by Crippen LogP contribution is -2.08. The molecule has 3 rings (SSSR count). The Labute approximate surface area is 187 Å². The number of aryl methyl sites for hydroxylation is 2. The molecule has 0 N–H and O–H groups in total. The zero-order chi connectivity index (χ0) is 23.3. The highest BCUT2D eigenvalue weighted by Crippen LogP contribution is 2.36. The largest absolute Gasteiger partial charge is 0.423 e. The van der Waals surface area contributed by atoms with Gasteiger partial charge in [0.2, 0.25) is 0 Å². The predicted octanol–water partition coefficient (Wildman–Crippen LogP) is 4.34. The molecule has 0 aliphatic rings. The first kappa shape index (κ1) is 23.4. The van der Waals surface area contributed by atoms with E-state index >= 15 is 0 Å². The first-order valence-corrected chi connectivity index (χ1v) is 11.4. The lowest BCUT2D eigenvalue weighted by atomic mass is 10.0. The maximum atomic E-state index is 12.3. The summed E-state index contributed by atoms with van der Waals surface area (Å²) in [6.07, 6.45) is 1.09. The molecule has 0 heterocycles. The number of hydrogen-bond donors (Lipinski definition) is 0. The van der Waals surface area contributed by atoms with Crippen molar-refractivity contribution in [3.8, 4) is 11.5 Å². The fourth-order valence-corrected chi connectivity index (χ4v) is 4.13. The van der Waals surface area contributed by atoms with Gasteiger partial charge in [0, 0.05) is 19.2 Å². The molecule has 3 aromatic rings. The maximum Gasteiger partial charge on any atom is 0.308 e. The summed E-state index contributed by atoms with van der Waals surface area (Å²) < 4.78 is 40.1. The highest BCUT2D eigenvalue weighted by Gasteiger charge is 2.16. The molecule has 0 aliphatic heterocycles. The van der Waals surface area contributed by atoms with Gasteiger partial charge >= 0.3 is 11.9 Å². The van der Waals surface area contributed by atoms with Crippen molar-refractivity contribution in [2.75, 3.05) is 6.61 Å². The van der Waals surface area contributed by atoms with Crippen molar-refractivity contribution in [3.63, 3.8) is 0 Å². The minimum Gasteiger partial charge on any atom is -0.423 e. The minimum absolute atomic E-state index is 0.0539. The number of fused-ring (bicyclic) bond motifs is 1. The van der Waals surface area contributed by atoms with Crippen LogP contribution >= 0.6 is 0 Å². The quantitative estimate of drug-likeness (QED) is 0.215. The zero-order valence-electron chi connectivity index (χ0n) is 18.1. The molecular formula is C24H24O7S. The van der Waals surface area contributed by atoms with Gasteiger partial charge in [0.1, 0.15) is 0 Å². The van der Waals surface area contributed by atoms with Gasteiger partial charge in [-0.15, -0.1) is 0 Å². The van der Waals surface area contributed by atoms with Crippen LogP contribution in [0, 0.1) is 6.92 Å². The van der Waals surface area contributed by atoms with Crippen LogP contribution in [0.3, 0.4) is 0 Å². The van der Waals surface area contributed by atoms with Gasteiger partial charge < -0.3 is 9.47 Å². The first-order chi connectivity index (χ1) is 15.2. The van der Waals surface area contributed by atoms with Crippen LogP contribution in [-0.4, -0.2) is 27.0 Å². The van der Waals surface area contributed by atoms with Gasteiger partial charge in [-0.05, 0) is 48.9 Å². The summed E-state index contributed by atoms with van der Waals surface area (Å²) in [7, 11) is -3.79. The lowest BCUT2D eigenvalue weighted by Gasteiger charge is -2.12. The summed E-state index contributed by atoms with van der Waals surface area (Å²) in [5.74, 6) is -0.691. The van der Waals surface area contributed by atoms with E-state index in [1.54, 1.807) is 30.3 Å². The second-order valence-electron chi connectivity index (χ2n) is 7.33. The Morgan fingerprint density at radius 2 is 1.56 bits per heavy atom. The molecule has 3 aromatic carbocycles. The Kier molecular flexibility index (Phi) is 7.27. The van der Waals surface area contributed by atoms with Gasteiger partial charge in [-0.3, -0.25) is 13.8 Å². The molecule has 0 radical (unpaired) electrons. The number of carbonyl (C=O) groups excluding carboxylic acids is 2. The predicted molar refractivity (Wildman–Crippen MR) is 119 cm³/mol. The third-order valence-corrected chi connectivity index (χ3v) is 5.98. The normalized spacial score (nSPS) is 11.3. The number of esters is 2. The molecule has 0 saturated heterocycles. The van der Waals surface area contributed by atoms with E-state index in [2.05, 4.69) is 0 Å². The highest BCUT2D eigenvalue weighted by atomic mass is 32.2. The van der Waals surface area contributed by atoms with E-state index in [0.29, 0.717) is 18.2 Å². The number of ether oxygens (including phenoxy) is 2. The molecule has 0 amide bonds. The number of rotatable bonds is 8. The summed E-state index contributed by atoms with van der Waals surface area (Å²) >= 11 is 0. The molecule has 0 bridgehead atoms. The molecule has 7 nitrogen and oxygen atoms in total. The number of hydrogen-bond acceptors (Lipinski definition) is 7. The summed E-state index contributed by atoms with van der Waals surface area (Å²) in [6, 6.07) is 15.4. The van der Waals surface area contributed by atoms with Crippen molar-refractivity contribution < 1.29 is 31.7 Å². The SMILES string of the molecule is CC(=O)Oc1ccc2cc(CCCOS(=O)(=O)c3ccc(C)cc3)ccc2c1OC(C)=O. The van der Waals surface area contributed by atoms with Gasteiger partial charge in [-0.2, -0.15) is 8.42 Å². The van der Waals surface area contributed by atoms with Crippen LogP contribution in [0.15, 0.2) is 59.5 Å². The number of carbonyl (C=O) groups is 2. The van der Waals surface area contributed by atoms with Crippen molar-refractivity contribution in [1.82, 2.24) is 0 Å². The maximum absolute atomic E-state index is 12.3. The van der Waals surface area contributed by atoms with E-state index in [9.17, 15) is 18.0 Å². The molecule has 168 valence electrons. The van der Waals surface area contributed by atoms with E-state index in [0.717, 1.165) is 16.5 Å². The molecule has 0 fully saturated rings. The first-order valence-electron chi connectivity index (χ1n) is 10.0. The molecule has 0 atom stereocenters. The molecule has 0 saturated carbocycles. The Morgan fingerprint density at radius 1 is 0.875 bits per heavy atom. The second-order valence-corrected chi connectivity index (χ2v) is 8.94. The average molecular weight is 457 g/mol. The molecule has 32 heavy (non-hydrogen) atoms. The summed E-state index contributed by atoms with van der Waals surface area (Å²) in [5.41, 5.74) is 1.93. The lowest BCUT2D eigenvalue weighted by molar-refractivity contribution is -0.134. The van der Waals surface area contributed by atoms with Gasteiger partial charge in [0.05, 0.1) is 11.5 Å². The number of benzene rings is 3. The molecule has 0 unspecified atom stereocenters. The van der Waals surface area contributed by atoms with Crippen molar-refractivity contribution in [2.24, 2.45) is 0 Å². The second kappa shape index (κ2) is 9.93. The van der Waals surface area contributed by atoms with E-state index in [1.807, 2.05) is 19.1 Å². The van der Waals surface area contributed by atoms with E-state index in [-0.39, 0.29) is 23.0 Å². The Morgan fingerprint density at radius 3 is 2.22 bits per heavy atom. The van der Waals surface area contributed by atoms with Crippen LogP contribution < -0.4 is 9.47 Å². The Hall–Kier alpha value is -3.23. The Balaban J connectivity index is 1.70. The van der Waals surface area contributed by atoms with Crippen LogP contribution in [0.5, 0.6) is 11.5 Å². The topological polar surface area (TPSA) is 96.0 Å². The van der Waals surface area contributed by atoms with Crippen LogP contribution in [0.25, 0.3) is 10.8 Å². The molecule has 8 heteroatoms. The molecule has 0 spiro atoms. The summed E-state index contributed by atoms with van der Waals surface area (Å²) in [6.45, 7) is 4.48. The zero-order valence-corrected chi connectivity index (χ0v) is 18.9. The summed E-state index contributed by atoms with van der Waals surface area (Å²) in [4.78, 5) is 23.0. The van der Waals surface area contributed by atoms with Crippen LogP contribution in [0.2, 0.25) is 0 Å². The van der Waals surface area contributed by atoms with Crippen molar-refractivity contribution >= 4 is 32.8 Å². The molecule has 0 aliphatic carbocycles. The van der Waals surface area contributed by atoms with Crippen LogP contribution in [0.1, 0.15) is 31.4 Å². The fraction of sp³-hybridized carbons (Fsp3) is 0.250. The smallest absolute Gasteiger partial charge is 0.308 e. The van der Waals surface area contributed by atoms with E-state index < -0.39 is 22.1 Å². The molecular weight excluding hydrogens is 432 g/mol. The van der Waals surface area contributed by atoms with E-state index in [4.69, 9.17) is 13.7 Å². The highest BCUT2D eigenvalue weighted by molar-refractivity contribution is 7.86. The van der Waals surface area contributed by atoms with Crippen LogP contribution in [-0.2, 0) is 30.3 Å². The minimum atomic E-state index is -3.79.